The molecular weight excluding hydrogens is 486 g/mol. The number of sulfonamides is 1. The zero-order chi connectivity index (χ0) is 26.3. The Labute approximate surface area is 216 Å². The molecule has 0 unspecified atom stereocenters. The maximum atomic E-state index is 13.5. The highest BCUT2D eigenvalue weighted by molar-refractivity contribution is 7.92. The molecule has 8 heteroatoms. The van der Waals surface area contributed by atoms with Crippen LogP contribution in [-0.2, 0) is 21.4 Å². The van der Waals surface area contributed by atoms with E-state index < -0.39 is 22.5 Å². The van der Waals surface area contributed by atoms with E-state index in [2.05, 4.69) is 10.6 Å². The molecule has 0 radical (unpaired) electrons. The molecule has 4 aromatic carbocycles. The van der Waals surface area contributed by atoms with Crippen molar-refractivity contribution in [1.29, 1.82) is 0 Å². The van der Waals surface area contributed by atoms with Crippen LogP contribution in [0.25, 0.3) is 0 Å². The van der Waals surface area contributed by atoms with Crippen LogP contribution in [0.4, 0.5) is 11.4 Å². The molecule has 0 atom stereocenters. The summed E-state index contributed by atoms with van der Waals surface area (Å²) in [6.07, 6.45) is 0. The van der Waals surface area contributed by atoms with Crippen molar-refractivity contribution in [2.24, 2.45) is 0 Å². The van der Waals surface area contributed by atoms with Crippen molar-refractivity contribution in [3.63, 3.8) is 0 Å². The molecule has 2 N–H and O–H groups in total. The number of aryl methyl sites for hydroxylation is 1. The summed E-state index contributed by atoms with van der Waals surface area (Å²) in [4.78, 5) is 26.1. The standard InChI is InChI=1S/C29H27N3O4S/c1-22-16-18-24(19-17-22)32(37(35,36)25-12-6-3-7-13-25)21-28(33)31-27-15-9-8-14-26(27)29(34)30-20-23-10-4-2-5-11-23/h2-19H,20-21H2,1H3,(H,30,34)(H,31,33). The maximum absolute atomic E-state index is 13.5. The topological polar surface area (TPSA) is 95.6 Å². The van der Waals surface area contributed by atoms with E-state index in [1.165, 1.54) is 12.1 Å². The van der Waals surface area contributed by atoms with Gasteiger partial charge in [0.1, 0.15) is 6.54 Å². The third-order valence-electron chi connectivity index (χ3n) is 5.68. The van der Waals surface area contributed by atoms with Gasteiger partial charge in [0, 0.05) is 6.54 Å². The van der Waals surface area contributed by atoms with Gasteiger partial charge in [-0.15, -0.1) is 0 Å². The average Bonchev–Trinajstić information content (AvgIpc) is 2.92. The van der Waals surface area contributed by atoms with Crippen molar-refractivity contribution in [2.45, 2.75) is 18.4 Å². The number of nitrogens with zero attached hydrogens (tertiary/aromatic N) is 1. The van der Waals surface area contributed by atoms with Crippen molar-refractivity contribution in [1.82, 2.24) is 5.32 Å². The molecule has 0 aliphatic rings. The quantitative estimate of drug-likeness (QED) is 0.337. The first kappa shape index (κ1) is 25.7. The summed E-state index contributed by atoms with van der Waals surface area (Å²) in [5, 5.41) is 5.57. The first-order valence-electron chi connectivity index (χ1n) is 11.7. The summed E-state index contributed by atoms with van der Waals surface area (Å²) >= 11 is 0. The maximum Gasteiger partial charge on any atom is 0.264 e. The largest absolute Gasteiger partial charge is 0.348 e. The van der Waals surface area contributed by atoms with Gasteiger partial charge in [-0.05, 0) is 48.9 Å². The molecule has 0 saturated heterocycles. The number of carbonyl (C=O) groups is 2. The van der Waals surface area contributed by atoms with Crippen molar-refractivity contribution in [3.05, 3.63) is 126 Å². The SMILES string of the molecule is Cc1ccc(N(CC(=O)Nc2ccccc2C(=O)NCc2ccccc2)S(=O)(=O)c2ccccc2)cc1. The molecule has 0 aliphatic heterocycles. The third kappa shape index (κ3) is 6.42. The van der Waals surface area contributed by atoms with Crippen molar-refractivity contribution in [2.75, 3.05) is 16.2 Å². The molecule has 2 amide bonds. The van der Waals surface area contributed by atoms with E-state index in [1.54, 1.807) is 66.7 Å². The van der Waals surface area contributed by atoms with Gasteiger partial charge >= 0.3 is 0 Å². The number of para-hydroxylation sites is 1. The predicted octanol–water partition coefficient (Wildman–Crippen LogP) is 4.76. The lowest BCUT2D eigenvalue weighted by molar-refractivity contribution is -0.114. The normalized spacial score (nSPS) is 10.9. The fourth-order valence-electron chi connectivity index (χ4n) is 3.73. The van der Waals surface area contributed by atoms with Crippen LogP contribution in [0, 0.1) is 6.92 Å². The van der Waals surface area contributed by atoms with Crippen LogP contribution >= 0.6 is 0 Å². The third-order valence-corrected chi connectivity index (χ3v) is 7.47. The molecule has 7 nitrogen and oxygen atoms in total. The second-order valence-electron chi connectivity index (χ2n) is 8.42. The van der Waals surface area contributed by atoms with Crippen LogP contribution in [0.5, 0.6) is 0 Å². The van der Waals surface area contributed by atoms with Crippen molar-refractivity contribution >= 4 is 33.2 Å². The Bertz CT molecular complexity index is 1470. The fourth-order valence-corrected chi connectivity index (χ4v) is 5.17. The van der Waals surface area contributed by atoms with Gasteiger partial charge in [-0.3, -0.25) is 13.9 Å². The molecule has 4 aromatic rings. The molecule has 0 aromatic heterocycles. The van der Waals surface area contributed by atoms with E-state index in [1.807, 2.05) is 37.3 Å². The van der Waals surface area contributed by atoms with E-state index in [-0.39, 0.29) is 16.4 Å². The van der Waals surface area contributed by atoms with Crippen LogP contribution in [0.2, 0.25) is 0 Å². The van der Waals surface area contributed by atoms with Crippen LogP contribution in [-0.4, -0.2) is 26.8 Å². The van der Waals surface area contributed by atoms with Gasteiger partial charge in [-0.25, -0.2) is 8.42 Å². The molecule has 37 heavy (non-hydrogen) atoms. The lowest BCUT2D eigenvalue weighted by Gasteiger charge is -2.24. The number of nitrogens with one attached hydrogen (secondary N) is 2. The molecule has 0 fully saturated rings. The van der Waals surface area contributed by atoms with Crippen molar-refractivity contribution in [3.8, 4) is 0 Å². The summed E-state index contributed by atoms with van der Waals surface area (Å²) in [6, 6.07) is 30.9. The summed E-state index contributed by atoms with van der Waals surface area (Å²) in [5.41, 5.74) is 2.83. The monoisotopic (exact) mass is 513 g/mol. The average molecular weight is 514 g/mol. The van der Waals surface area contributed by atoms with Crippen LogP contribution in [0.15, 0.2) is 114 Å². The lowest BCUT2D eigenvalue weighted by atomic mass is 10.1. The molecule has 0 bridgehead atoms. The van der Waals surface area contributed by atoms with Crippen LogP contribution in [0.3, 0.4) is 0 Å². The number of rotatable bonds is 9. The first-order valence-corrected chi connectivity index (χ1v) is 13.1. The second kappa shape index (κ2) is 11.5. The smallest absolute Gasteiger partial charge is 0.264 e. The fraction of sp³-hybridized carbons (Fsp3) is 0.103. The van der Waals surface area contributed by atoms with Gasteiger partial charge < -0.3 is 10.6 Å². The summed E-state index contributed by atoms with van der Waals surface area (Å²) < 4.78 is 28.0. The minimum atomic E-state index is -4.03. The Morgan fingerprint density at radius 2 is 1.35 bits per heavy atom. The number of benzene rings is 4. The molecule has 4 rings (SSSR count). The molecule has 0 saturated carbocycles. The van der Waals surface area contributed by atoms with E-state index >= 15 is 0 Å². The van der Waals surface area contributed by atoms with E-state index in [4.69, 9.17) is 0 Å². The summed E-state index contributed by atoms with van der Waals surface area (Å²) in [5.74, 6) is -0.935. The van der Waals surface area contributed by atoms with E-state index in [0.717, 1.165) is 15.4 Å². The number of hydrogen-bond acceptors (Lipinski definition) is 4. The summed E-state index contributed by atoms with van der Waals surface area (Å²) in [6.45, 7) is 1.75. The molecule has 0 heterocycles. The Morgan fingerprint density at radius 1 is 0.757 bits per heavy atom. The Hall–Kier alpha value is -4.43. The minimum Gasteiger partial charge on any atom is -0.348 e. The molecule has 0 aliphatic carbocycles. The zero-order valence-electron chi connectivity index (χ0n) is 20.3. The van der Waals surface area contributed by atoms with E-state index in [9.17, 15) is 18.0 Å². The lowest BCUT2D eigenvalue weighted by Crippen LogP contribution is -2.38. The van der Waals surface area contributed by atoms with Gasteiger partial charge in [0.25, 0.3) is 15.9 Å². The van der Waals surface area contributed by atoms with Gasteiger partial charge in [0.05, 0.1) is 21.8 Å². The zero-order valence-corrected chi connectivity index (χ0v) is 21.1. The minimum absolute atomic E-state index is 0.0732. The van der Waals surface area contributed by atoms with Gasteiger partial charge in [0.15, 0.2) is 0 Å². The van der Waals surface area contributed by atoms with Crippen LogP contribution < -0.4 is 14.9 Å². The second-order valence-corrected chi connectivity index (χ2v) is 10.3. The summed E-state index contributed by atoms with van der Waals surface area (Å²) in [7, 11) is -4.03. The highest BCUT2D eigenvalue weighted by atomic mass is 32.2. The highest BCUT2D eigenvalue weighted by Gasteiger charge is 2.27. The number of anilines is 2. The number of amides is 2. The van der Waals surface area contributed by atoms with Gasteiger partial charge in [-0.1, -0.05) is 78.4 Å². The number of carbonyl (C=O) groups excluding carboxylic acids is 2. The van der Waals surface area contributed by atoms with E-state index in [0.29, 0.717) is 17.9 Å². The van der Waals surface area contributed by atoms with Crippen molar-refractivity contribution < 1.29 is 18.0 Å². The highest BCUT2D eigenvalue weighted by Crippen LogP contribution is 2.24. The van der Waals surface area contributed by atoms with Gasteiger partial charge in [0.2, 0.25) is 5.91 Å². The van der Waals surface area contributed by atoms with Crippen LogP contribution in [0.1, 0.15) is 21.5 Å². The Balaban J connectivity index is 1.55. The van der Waals surface area contributed by atoms with Gasteiger partial charge in [-0.2, -0.15) is 0 Å². The Kier molecular flexibility index (Phi) is 8.00. The molecular formula is C29H27N3O4S. The first-order chi connectivity index (χ1) is 17.8. The molecule has 188 valence electrons. The Morgan fingerprint density at radius 3 is 2.03 bits per heavy atom. The molecule has 0 spiro atoms. The number of hydrogen-bond donors (Lipinski definition) is 2. The predicted molar refractivity (Wildman–Crippen MR) is 145 cm³/mol.